The first kappa shape index (κ1) is 13.1. The Morgan fingerprint density at radius 1 is 1.59 bits per heavy atom. The lowest BCUT2D eigenvalue weighted by Gasteiger charge is -2.21. The Kier molecular flexibility index (Phi) is 3.64. The van der Waals surface area contributed by atoms with Crippen LogP contribution >= 0.6 is 15.9 Å². The van der Waals surface area contributed by atoms with Crippen molar-refractivity contribution in [3.63, 3.8) is 0 Å². The van der Waals surface area contributed by atoms with E-state index in [4.69, 9.17) is 0 Å². The molecule has 1 heterocycles. The molecule has 0 aromatic carbocycles. The number of aryl methyl sites for hydroxylation is 1. The molecular weight excluding hydrogens is 278 g/mol. The molecule has 4 heteroatoms. The number of hydrogen-bond donors (Lipinski definition) is 1. The zero-order valence-corrected chi connectivity index (χ0v) is 12.7. The van der Waals surface area contributed by atoms with Crippen molar-refractivity contribution >= 4 is 15.9 Å². The van der Waals surface area contributed by atoms with E-state index in [0.717, 1.165) is 23.5 Å². The van der Waals surface area contributed by atoms with Gasteiger partial charge in [-0.2, -0.15) is 5.10 Å². The average Bonchev–Trinajstić information content (AvgIpc) is 2.74. The van der Waals surface area contributed by atoms with Gasteiger partial charge in [-0.25, -0.2) is 0 Å². The lowest BCUT2D eigenvalue weighted by Crippen LogP contribution is -2.27. The van der Waals surface area contributed by atoms with Crippen LogP contribution < -0.4 is 5.32 Å². The maximum absolute atomic E-state index is 4.43. The molecule has 1 fully saturated rings. The summed E-state index contributed by atoms with van der Waals surface area (Å²) in [4.78, 5) is 0. The molecule has 1 aromatic rings. The van der Waals surface area contributed by atoms with E-state index in [-0.39, 0.29) is 0 Å². The second-order valence-electron chi connectivity index (χ2n) is 5.53. The van der Waals surface area contributed by atoms with E-state index >= 15 is 0 Å². The Labute approximate surface area is 112 Å². The summed E-state index contributed by atoms with van der Waals surface area (Å²) in [6.45, 7) is 10.9. The molecule has 0 aliphatic heterocycles. The highest BCUT2D eigenvalue weighted by atomic mass is 79.9. The predicted octanol–water partition coefficient (Wildman–Crippen LogP) is 3.36. The third-order valence-electron chi connectivity index (χ3n) is 3.84. The SMILES string of the molecule is CCNC(c1c(Br)cnn1CC)C1CC1(C)C. The number of nitrogens with one attached hydrogen (secondary N) is 1. The van der Waals surface area contributed by atoms with Crippen LogP contribution in [0.1, 0.15) is 45.9 Å². The standard InChI is InChI=1S/C13H22BrN3/c1-5-15-11(9-7-13(9,3)4)12-10(14)8-16-17(12)6-2/h8-9,11,15H,5-7H2,1-4H3. The Bertz CT molecular complexity index is 397. The fourth-order valence-electron chi connectivity index (χ4n) is 2.66. The van der Waals surface area contributed by atoms with Crippen molar-refractivity contribution in [3.05, 3.63) is 16.4 Å². The lowest BCUT2D eigenvalue weighted by atomic mass is 10.0. The highest BCUT2D eigenvalue weighted by molar-refractivity contribution is 9.10. The number of hydrogen-bond acceptors (Lipinski definition) is 2. The summed E-state index contributed by atoms with van der Waals surface area (Å²) in [5.41, 5.74) is 1.78. The monoisotopic (exact) mass is 299 g/mol. The van der Waals surface area contributed by atoms with Crippen LogP contribution in [0.3, 0.4) is 0 Å². The van der Waals surface area contributed by atoms with Gasteiger partial charge in [0.15, 0.2) is 0 Å². The van der Waals surface area contributed by atoms with Crippen LogP contribution in [0.25, 0.3) is 0 Å². The van der Waals surface area contributed by atoms with Gasteiger partial charge in [-0.05, 0) is 47.2 Å². The largest absolute Gasteiger partial charge is 0.309 e. The van der Waals surface area contributed by atoms with Gasteiger partial charge in [0.2, 0.25) is 0 Å². The fourth-order valence-corrected chi connectivity index (χ4v) is 3.20. The maximum Gasteiger partial charge on any atom is 0.0698 e. The van der Waals surface area contributed by atoms with Crippen molar-refractivity contribution in [2.45, 2.75) is 46.7 Å². The molecule has 2 unspecified atom stereocenters. The van der Waals surface area contributed by atoms with E-state index in [0.29, 0.717) is 11.5 Å². The number of halogens is 1. The van der Waals surface area contributed by atoms with Crippen molar-refractivity contribution in [3.8, 4) is 0 Å². The van der Waals surface area contributed by atoms with E-state index in [9.17, 15) is 0 Å². The molecule has 0 bridgehead atoms. The fraction of sp³-hybridized carbons (Fsp3) is 0.769. The minimum atomic E-state index is 0.423. The van der Waals surface area contributed by atoms with Gasteiger partial charge >= 0.3 is 0 Å². The van der Waals surface area contributed by atoms with Gasteiger partial charge in [-0.3, -0.25) is 4.68 Å². The normalized spacial score (nSPS) is 23.7. The van der Waals surface area contributed by atoms with Gasteiger partial charge in [0.1, 0.15) is 0 Å². The topological polar surface area (TPSA) is 29.9 Å². The molecule has 2 atom stereocenters. The van der Waals surface area contributed by atoms with Crippen LogP contribution in [0.2, 0.25) is 0 Å². The van der Waals surface area contributed by atoms with Gasteiger partial charge in [0.25, 0.3) is 0 Å². The molecule has 96 valence electrons. The highest BCUT2D eigenvalue weighted by Crippen LogP contribution is 2.58. The molecule has 1 aromatic heterocycles. The summed E-state index contributed by atoms with van der Waals surface area (Å²) in [6, 6.07) is 0.423. The average molecular weight is 300 g/mol. The molecule has 1 aliphatic carbocycles. The molecule has 0 spiro atoms. The van der Waals surface area contributed by atoms with Gasteiger partial charge in [0.05, 0.1) is 22.4 Å². The molecule has 1 saturated carbocycles. The molecule has 0 saturated heterocycles. The number of aromatic nitrogens is 2. The van der Waals surface area contributed by atoms with Crippen molar-refractivity contribution < 1.29 is 0 Å². The van der Waals surface area contributed by atoms with E-state index in [1.807, 2.05) is 6.20 Å². The smallest absolute Gasteiger partial charge is 0.0698 e. The van der Waals surface area contributed by atoms with Gasteiger partial charge in [-0.1, -0.05) is 20.8 Å². The number of rotatable bonds is 5. The lowest BCUT2D eigenvalue weighted by molar-refractivity contribution is 0.396. The zero-order valence-electron chi connectivity index (χ0n) is 11.1. The zero-order chi connectivity index (χ0) is 12.6. The van der Waals surface area contributed by atoms with Crippen LogP contribution in [-0.2, 0) is 6.54 Å². The van der Waals surface area contributed by atoms with Crippen molar-refractivity contribution in [2.75, 3.05) is 6.54 Å². The van der Waals surface area contributed by atoms with E-state index in [1.165, 1.54) is 12.1 Å². The predicted molar refractivity (Wildman–Crippen MR) is 73.9 cm³/mol. The van der Waals surface area contributed by atoms with Crippen LogP contribution in [0.15, 0.2) is 10.7 Å². The molecule has 3 nitrogen and oxygen atoms in total. The third-order valence-corrected chi connectivity index (χ3v) is 4.45. The second-order valence-corrected chi connectivity index (χ2v) is 6.38. The summed E-state index contributed by atoms with van der Waals surface area (Å²) in [5.74, 6) is 0.723. The first-order valence-corrected chi connectivity index (χ1v) is 7.25. The third kappa shape index (κ3) is 2.43. The van der Waals surface area contributed by atoms with Crippen molar-refractivity contribution in [2.24, 2.45) is 11.3 Å². The second kappa shape index (κ2) is 4.73. The quantitative estimate of drug-likeness (QED) is 0.903. The Balaban J connectivity index is 2.29. The van der Waals surface area contributed by atoms with Crippen molar-refractivity contribution in [1.82, 2.24) is 15.1 Å². The summed E-state index contributed by atoms with van der Waals surface area (Å²) in [6.07, 6.45) is 3.21. The van der Waals surface area contributed by atoms with E-state index in [2.05, 4.69) is 58.7 Å². The highest BCUT2D eigenvalue weighted by Gasteiger charge is 2.51. The summed E-state index contributed by atoms with van der Waals surface area (Å²) in [7, 11) is 0. The van der Waals surface area contributed by atoms with Crippen molar-refractivity contribution in [1.29, 1.82) is 0 Å². The van der Waals surface area contributed by atoms with Gasteiger partial charge < -0.3 is 5.32 Å². The molecule has 1 N–H and O–H groups in total. The summed E-state index contributed by atoms with van der Waals surface area (Å²) < 4.78 is 3.24. The van der Waals surface area contributed by atoms with Crippen LogP contribution in [0.5, 0.6) is 0 Å². The van der Waals surface area contributed by atoms with Crippen LogP contribution in [0.4, 0.5) is 0 Å². The minimum Gasteiger partial charge on any atom is -0.309 e. The molecular formula is C13H22BrN3. The molecule has 17 heavy (non-hydrogen) atoms. The van der Waals surface area contributed by atoms with E-state index < -0.39 is 0 Å². The Morgan fingerprint density at radius 2 is 2.24 bits per heavy atom. The summed E-state index contributed by atoms with van der Waals surface area (Å²) >= 11 is 3.64. The first-order chi connectivity index (χ1) is 8.01. The minimum absolute atomic E-state index is 0.423. The summed E-state index contributed by atoms with van der Waals surface area (Å²) in [5, 5.41) is 8.05. The maximum atomic E-state index is 4.43. The van der Waals surface area contributed by atoms with Crippen LogP contribution in [0, 0.1) is 11.3 Å². The number of nitrogens with zero attached hydrogens (tertiary/aromatic N) is 2. The molecule has 0 amide bonds. The first-order valence-electron chi connectivity index (χ1n) is 6.45. The molecule has 2 rings (SSSR count). The molecule has 1 aliphatic rings. The van der Waals surface area contributed by atoms with Gasteiger partial charge in [-0.15, -0.1) is 0 Å². The van der Waals surface area contributed by atoms with Crippen LogP contribution in [-0.4, -0.2) is 16.3 Å². The Morgan fingerprint density at radius 3 is 2.71 bits per heavy atom. The van der Waals surface area contributed by atoms with Gasteiger partial charge in [0, 0.05) is 6.54 Å². The molecule has 0 radical (unpaired) electrons. The van der Waals surface area contributed by atoms with E-state index in [1.54, 1.807) is 0 Å². The Hall–Kier alpha value is -0.350.